The van der Waals surface area contributed by atoms with Crippen LogP contribution in [0.25, 0.3) is 11.1 Å². The first kappa shape index (κ1) is 23.7. The van der Waals surface area contributed by atoms with Crippen molar-refractivity contribution in [2.45, 2.75) is 18.4 Å². The predicted molar refractivity (Wildman–Crippen MR) is 122 cm³/mol. The first-order chi connectivity index (χ1) is 16.5. The molecule has 9 heteroatoms. The third kappa shape index (κ3) is 5.73. The number of benzene rings is 2. The summed E-state index contributed by atoms with van der Waals surface area (Å²) in [5.74, 6) is -1.56. The number of rotatable bonds is 10. The first-order valence-electron chi connectivity index (χ1n) is 11.3. The Labute approximate surface area is 197 Å². The molecule has 2 atom stereocenters. The monoisotopic (exact) mass is 468 g/mol. The van der Waals surface area contributed by atoms with Crippen LogP contribution in [0.5, 0.6) is 0 Å². The molecule has 1 heterocycles. The Morgan fingerprint density at radius 1 is 1.00 bits per heavy atom. The van der Waals surface area contributed by atoms with E-state index < -0.39 is 18.7 Å². The number of alkyl carbamates (subject to hydrolysis) is 1. The van der Waals surface area contributed by atoms with Crippen molar-refractivity contribution in [3.63, 3.8) is 0 Å². The van der Waals surface area contributed by atoms with Gasteiger partial charge in [-0.05, 0) is 28.7 Å². The van der Waals surface area contributed by atoms with E-state index in [1.807, 2.05) is 24.3 Å². The summed E-state index contributed by atoms with van der Waals surface area (Å²) in [4.78, 5) is 34.9. The first-order valence-corrected chi connectivity index (χ1v) is 11.3. The summed E-state index contributed by atoms with van der Waals surface area (Å²) in [6.07, 6.45) is -0.320. The van der Waals surface area contributed by atoms with Gasteiger partial charge in [-0.3, -0.25) is 4.79 Å². The van der Waals surface area contributed by atoms with E-state index in [4.69, 9.17) is 19.3 Å². The fourth-order valence-corrected chi connectivity index (χ4v) is 4.43. The van der Waals surface area contributed by atoms with Crippen LogP contribution in [0.15, 0.2) is 48.5 Å². The van der Waals surface area contributed by atoms with E-state index in [-0.39, 0.29) is 56.8 Å². The summed E-state index contributed by atoms with van der Waals surface area (Å²) in [7, 11) is 0. The van der Waals surface area contributed by atoms with Crippen molar-refractivity contribution in [3.05, 3.63) is 59.7 Å². The molecule has 0 spiro atoms. The smallest absolute Gasteiger partial charge is 0.407 e. The number of carboxylic acids is 1. The number of carbonyl (C=O) groups excluding carboxylic acids is 2. The number of carbonyl (C=O) groups is 3. The molecule has 0 radical (unpaired) electrons. The highest BCUT2D eigenvalue weighted by atomic mass is 16.5. The van der Waals surface area contributed by atoms with Gasteiger partial charge in [-0.15, -0.1) is 0 Å². The van der Waals surface area contributed by atoms with E-state index in [0.717, 1.165) is 11.1 Å². The lowest BCUT2D eigenvalue weighted by Crippen LogP contribution is -2.35. The highest BCUT2D eigenvalue weighted by molar-refractivity contribution is 5.79. The van der Waals surface area contributed by atoms with Crippen molar-refractivity contribution in [2.75, 3.05) is 39.5 Å². The van der Waals surface area contributed by atoms with Gasteiger partial charge in [0.25, 0.3) is 0 Å². The molecule has 0 aromatic heterocycles. The van der Waals surface area contributed by atoms with E-state index in [9.17, 15) is 14.4 Å². The van der Waals surface area contributed by atoms with E-state index in [2.05, 4.69) is 34.9 Å². The average Bonchev–Trinajstić information content (AvgIpc) is 3.44. The number of hydrogen-bond donors (Lipinski definition) is 3. The second-order valence-corrected chi connectivity index (χ2v) is 8.33. The molecule has 1 aliphatic carbocycles. The quantitative estimate of drug-likeness (QED) is 0.457. The van der Waals surface area contributed by atoms with Gasteiger partial charge in [-0.25, -0.2) is 9.59 Å². The predicted octanol–water partition coefficient (Wildman–Crippen LogP) is 2.15. The molecule has 0 bridgehead atoms. The maximum Gasteiger partial charge on any atom is 0.407 e. The normalized spacial score (nSPS) is 18.7. The number of carboxylic acid groups (broad SMARTS) is 1. The van der Waals surface area contributed by atoms with Crippen LogP contribution in [-0.2, 0) is 23.8 Å². The standard InChI is InChI=1S/C25H28N2O7/c28-23(29)15-32-10-9-26-24(30)16-11-17(33-13-16)12-27-25(31)34-14-22-20-7-3-1-5-18(20)19-6-2-4-8-21(19)22/h1-8,16-17,22H,9-15H2,(H,26,30)(H,27,31)(H,28,29)/t16-,17-/m0/s1. The van der Waals surface area contributed by atoms with Gasteiger partial charge in [0, 0.05) is 19.0 Å². The molecule has 180 valence electrons. The van der Waals surface area contributed by atoms with E-state index in [1.54, 1.807) is 0 Å². The summed E-state index contributed by atoms with van der Waals surface area (Å²) in [5.41, 5.74) is 4.64. The molecule has 3 N–H and O–H groups in total. The number of fused-ring (bicyclic) bond motifs is 3. The average molecular weight is 469 g/mol. The van der Waals surface area contributed by atoms with Gasteiger partial charge >= 0.3 is 12.1 Å². The second kappa shape index (κ2) is 11.1. The maximum absolute atomic E-state index is 12.3. The Morgan fingerprint density at radius 2 is 1.68 bits per heavy atom. The van der Waals surface area contributed by atoms with Crippen LogP contribution in [0, 0.1) is 5.92 Å². The molecular weight excluding hydrogens is 440 g/mol. The molecule has 1 fully saturated rings. The van der Waals surface area contributed by atoms with Gasteiger partial charge in [-0.1, -0.05) is 48.5 Å². The highest BCUT2D eigenvalue weighted by Crippen LogP contribution is 2.44. The van der Waals surface area contributed by atoms with Gasteiger partial charge in [0.1, 0.15) is 13.2 Å². The Morgan fingerprint density at radius 3 is 2.35 bits per heavy atom. The van der Waals surface area contributed by atoms with Crippen molar-refractivity contribution in [1.82, 2.24) is 10.6 Å². The van der Waals surface area contributed by atoms with Crippen molar-refractivity contribution < 1.29 is 33.7 Å². The molecule has 2 amide bonds. The lowest BCUT2D eigenvalue weighted by Gasteiger charge is -2.15. The van der Waals surface area contributed by atoms with Crippen LogP contribution in [-0.4, -0.2) is 68.7 Å². The number of amides is 2. The zero-order valence-electron chi connectivity index (χ0n) is 18.7. The topological polar surface area (TPSA) is 123 Å². The fraction of sp³-hybridized carbons (Fsp3) is 0.400. The summed E-state index contributed by atoms with van der Waals surface area (Å²) < 4.78 is 16.0. The molecule has 0 unspecified atom stereocenters. The molecule has 4 rings (SSSR count). The van der Waals surface area contributed by atoms with Crippen molar-refractivity contribution in [1.29, 1.82) is 0 Å². The fourth-order valence-electron chi connectivity index (χ4n) is 4.43. The number of nitrogens with one attached hydrogen (secondary N) is 2. The third-order valence-electron chi connectivity index (χ3n) is 6.04. The highest BCUT2D eigenvalue weighted by Gasteiger charge is 2.32. The van der Waals surface area contributed by atoms with Crippen molar-refractivity contribution >= 4 is 18.0 Å². The molecule has 1 saturated heterocycles. The van der Waals surface area contributed by atoms with E-state index >= 15 is 0 Å². The van der Waals surface area contributed by atoms with Crippen LogP contribution in [0.4, 0.5) is 4.79 Å². The Bertz CT molecular complexity index is 996. The Balaban J connectivity index is 1.18. The minimum Gasteiger partial charge on any atom is -0.480 e. The number of hydrogen-bond acceptors (Lipinski definition) is 6. The molecule has 0 saturated carbocycles. The van der Waals surface area contributed by atoms with Crippen LogP contribution < -0.4 is 10.6 Å². The molecule has 2 aromatic carbocycles. The van der Waals surface area contributed by atoms with Crippen LogP contribution in [0.3, 0.4) is 0 Å². The lowest BCUT2D eigenvalue weighted by atomic mass is 9.98. The van der Waals surface area contributed by atoms with Crippen molar-refractivity contribution in [2.24, 2.45) is 5.92 Å². The third-order valence-corrected chi connectivity index (χ3v) is 6.04. The molecule has 9 nitrogen and oxygen atoms in total. The lowest BCUT2D eigenvalue weighted by molar-refractivity contribution is -0.142. The second-order valence-electron chi connectivity index (χ2n) is 8.33. The molecule has 34 heavy (non-hydrogen) atoms. The van der Waals surface area contributed by atoms with Gasteiger partial charge < -0.3 is 30.0 Å². The van der Waals surface area contributed by atoms with Crippen LogP contribution in [0.2, 0.25) is 0 Å². The minimum atomic E-state index is -1.05. The number of ether oxygens (including phenoxy) is 3. The van der Waals surface area contributed by atoms with Crippen LogP contribution in [0.1, 0.15) is 23.5 Å². The van der Waals surface area contributed by atoms with Gasteiger partial charge in [-0.2, -0.15) is 0 Å². The Hall–Kier alpha value is -3.43. The van der Waals surface area contributed by atoms with Gasteiger partial charge in [0.2, 0.25) is 5.91 Å². The van der Waals surface area contributed by atoms with Crippen LogP contribution >= 0.6 is 0 Å². The largest absolute Gasteiger partial charge is 0.480 e. The summed E-state index contributed by atoms with van der Waals surface area (Å²) in [6, 6.07) is 16.3. The summed E-state index contributed by atoms with van der Waals surface area (Å²) in [5, 5.41) is 13.9. The van der Waals surface area contributed by atoms with E-state index in [1.165, 1.54) is 11.1 Å². The zero-order chi connectivity index (χ0) is 23.9. The zero-order valence-corrected chi connectivity index (χ0v) is 18.7. The maximum atomic E-state index is 12.3. The minimum absolute atomic E-state index is 0.00608. The SMILES string of the molecule is O=C(O)COCCNC(=O)[C@@H]1CO[C@H](CNC(=O)OCC2c3ccccc3-c3ccccc32)C1. The number of aliphatic carboxylic acids is 1. The molecule has 2 aliphatic rings. The molecule has 1 aliphatic heterocycles. The van der Waals surface area contributed by atoms with Gasteiger partial charge in [0.15, 0.2) is 0 Å². The molecular formula is C25H28N2O7. The summed E-state index contributed by atoms with van der Waals surface area (Å²) >= 11 is 0. The van der Waals surface area contributed by atoms with E-state index in [0.29, 0.717) is 6.42 Å². The van der Waals surface area contributed by atoms with Gasteiger partial charge in [0.05, 0.1) is 25.2 Å². The Kier molecular flexibility index (Phi) is 7.76. The van der Waals surface area contributed by atoms with Crippen molar-refractivity contribution in [3.8, 4) is 11.1 Å². The summed E-state index contributed by atoms with van der Waals surface area (Å²) in [6.45, 7) is 0.705. The molecule has 2 aromatic rings.